The first kappa shape index (κ1) is 10.3. The van der Waals surface area contributed by atoms with E-state index in [1.54, 1.807) is 0 Å². The summed E-state index contributed by atoms with van der Waals surface area (Å²) in [7, 11) is 0. The highest BCUT2D eigenvalue weighted by Gasteiger charge is 1.88. The molecule has 0 spiro atoms. The standard InChI is InChI=1S/C10H18O/c1-4-7-8-9-10(5-2)11-6-3/h7-9H,4-6H2,1-3H3/b8-7-,10-9+. The minimum atomic E-state index is 0.764. The molecule has 0 aromatic carbocycles. The van der Waals surface area contributed by atoms with Crippen LogP contribution in [0.1, 0.15) is 33.6 Å². The van der Waals surface area contributed by atoms with Gasteiger partial charge in [0.2, 0.25) is 0 Å². The second-order valence-electron chi connectivity index (χ2n) is 2.26. The Morgan fingerprint density at radius 2 is 2.00 bits per heavy atom. The van der Waals surface area contributed by atoms with Crippen molar-refractivity contribution in [2.45, 2.75) is 33.6 Å². The Morgan fingerprint density at radius 3 is 2.45 bits per heavy atom. The monoisotopic (exact) mass is 154 g/mol. The fourth-order valence-corrected chi connectivity index (χ4v) is 0.765. The van der Waals surface area contributed by atoms with Crippen LogP contribution >= 0.6 is 0 Å². The zero-order valence-corrected chi connectivity index (χ0v) is 7.76. The molecule has 1 heteroatoms. The van der Waals surface area contributed by atoms with Crippen LogP contribution in [-0.2, 0) is 4.74 Å². The first-order valence-corrected chi connectivity index (χ1v) is 4.33. The van der Waals surface area contributed by atoms with E-state index in [0.29, 0.717) is 0 Å². The molecule has 0 fully saturated rings. The summed E-state index contributed by atoms with van der Waals surface area (Å²) in [5, 5.41) is 0. The minimum absolute atomic E-state index is 0.764. The Hall–Kier alpha value is -0.720. The van der Waals surface area contributed by atoms with E-state index in [1.165, 1.54) is 0 Å². The average Bonchev–Trinajstić information content (AvgIpc) is 2.03. The first-order chi connectivity index (χ1) is 5.35. The fraction of sp³-hybridized carbons (Fsp3) is 0.600. The summed E-state index contributed by atoms with van der Waals surface area (Å²) in [5.41, 5.74) is 0. The summed E-state index contributed by atoms with van der Waals surface area (Å²) in [6, 6.07) is 0. The molecule has 0 heterocycles. The van der Waals surface area contributed by atoms with Crippen molar-refractivity contribution in [2.24, 2.45) is 0 Å². The average molecular weight is 154 g/mol. The van der Waals surface area contributed by atoms with Crippen LogP contribution in [0.15, 0.2) is 24.0 Å². The van der Waals surface area contributed by atoms with Gasteiger partial charge in [-0.05, 0) is 19.4 Å². The Kier molecular flexibility index (Phi) is 6.90. The Labute approximate surface area is 69.8 Å². The zero-order chi connectivity index (χ0) is 8.53. The van der Waals surface area contributed by atoms with Crippen LogP contribution in [0.25, 0.3) is 0 Å². The van der Waals surface area contributed by atoms with Crippen LogP contribution in [0.3, 0.4) is 0 Å². The van der Waals surface area contributed by atoms with E-state index in [9.17, 15) is 0 Å². The molecule has 0 bridgehead atoms. The van der Waals surface area contributed by atoms with Gasteiger partial charge in [-0.15, -0.1) is 0 Å². The number of hydrogen-bond donors (Lipinski definition) is 0. The predicted molar refractivity (Wildman–Crippen MR) is 49.4 cm³/mol. The quantitative estimate of drug-likeness (QED) is 0.436. The van der Waals surface area contributed by atoms with Gasteiger partial charge in [-0.25, -0.2) is 0 Å². The normalized spacial score (nSPS) is 12.5. The van der Waals surface area contributed by atoms with Gasteiger partial charge in [-0.3, -0.25) is 0 Å². The van der Waals surface area contributed by atoms with E-state index in [1.807, 2.05) is 13.0 Å². The highest BCUT2D eigenvalue weighted by atomic mass is 16.5. The topological polar surface area (TPSA) is 9.23 Å². The highest BCUT2D eigenvalue weighted by Crippen LogP contribution is 2.02. The molecule has 0 aromatic heterocycles. The van der Waals surface area contributed by atoms with Crippen molar-refractivity contribution in [1.82, 2.24) is 0 Å². The van der Waals surface area contributed by atoms with Crippen LogP contribution in [-0.4, -0.2) is 6.61 Å². The third-order valence-corrected chi connectivity index (χ3v) is 1.33. The fourth-order valence-electron chi connectivity index (χ4n) is 0.765. The molecular formula is C10H18O. The van der Waals surface area contributed by atoms with E-state index < -0.39 is 0 Å². The summed E-state index contributed by atoms with van der Waals surface area (Å²) in [6.07, 6.45) is 8.26. The van der Waals surface area contributed by atoms with Gasteiger partial charge in [0.25, 0.3) is 0 Å². The molecule has 11 heavy (non-hydrogen) atoms. The van der Waals surface area contributed by atoms with Gasteiger partial charge in [0.1, 0.15) is 0 Å². The molecule has 0 radical (unpaired) electrons. The Bertz CT molecular complexity index is 134. The smallest absolute Gasteiger partial charge is 0.0956 e. The van der Waals surface area contributed by atoms with E-state index in [0.717, 1.165) is 25.2 Å². The largest absolute Gasteiger partial charge is 0.498 e. The van der Waals surface area contributed by atoms with Gasteiger partial charge in [-0.1, -0.05) is 26.0 Å². The Morgan fingerprint density at radius 1 is 1.27 bits per heavy atom. The van der Waals surface area contributed by atoms with Crippen LogP contribution in [0.4, 0.5) is 0 Å². The van der Waals surface area contributed by atoms with E-state index in [2.05, 4.69) is 26.0 Å². The van der Waals surface area contributed by atoms with Gasteiger partial charge in [0.15, 0.2) is 0 Å². The molecule has 0 aliphatic rings. The third-order valence-electron chi connectivity index (χ3n) is 1.33. The summed E-state index contributed by atoms with van der Waals surface area (Å²) in [4.78, 5) is 0. The summed E-state index contributed by atoms with van der Waals surface area (Å²) < 4.78 is 5.35. The molecular weight excluding hydrogens is 136 g/mol. The molecule has 0 rings (SSSR count). The van der Waals surface area contributed by atoms with Gasteiger partial charge >= 0.3 is 0 Å². The van der Waals surface area contributed by atoms with Crippen LogP contribution in [0, 0.1) is 0 Å². The molecule has 0 atom stereocenters. The third kappa shape index (κ3) is 5.71. The number of hydrogen-bond acceptors (Lipinski definition) is 1. The predicted octanol–water partition coefficient (Wildman–Crippen LogP) is 3.28. The molecule has 0 saturated carbocycles. The highest BCUT2D eigenvalue weighted by molar-refractivity contribution is 5.06. The van der Waals surface area contributed by atoms with Crippen molar-refractivity contribution in [1.29, 1.82) is 0 Å². The van der Waals surface area contributed by atoms with Gasteiger partial charge in [0.05, 0.1) is 12.4 Å². The lowest BCUT2D eigenvalue weighted by Gasteiger charge is -2.03. The second kappa shape index (κ2) is 7.39. The molecule has 0 aromatic rings. The molecule has 0 saturated heterocycles. The van der Waals surface area contributed by atoms with Crippen LogP contribution < -0.4 is 0 Å². The first-order valence-electron chi connectivity index (χ1n) is 4.33. The molecule has 1 nitrogen and oxygen atoms in total. The van der Waals surface area contributed by atoms with Crippen molar-refractivity contribution in [2.75, 3.05) is 6.61 Å². The maximum atomic E-state index is 5.35. The summed E-state index contributed by atoms with van der Waals surface area (Å²) in [6.45, 7) is 6.99. The number of rotatable bonds is 5. The van der Waals surface area contributed by atoms with Crippen molar-refractivity contribution >= 4 is 0 Å². The van der Waals surface area contributed by atoms with E-state index in [4.69, 9.17) is 4.74 Å². The molecule has 0 unspecified atom stereocenters. The Balaban J connectivity index is 3.79. The minimum Gasteiger partial charge on any atom is -0.498 e. The lowest BCUT2D eigenvalue weighted by atomic mass is 10.3. The van der Waals surface area contributed by atoms with Crippen LogP contribution in [0.2, 0.25) is 0 Å². The van der Waals surface area contributed by atoms with Gasteiger partial charge < -0.3 is 4.74 Å². The van der Waals surface area contributed by atoms with Crippen molar-refractivity contribution < 1.29 is 4.74 Å². The zero-order valence-electron chi connectivity index (χ0n) is 7.76. The lowest BCUT2D eigenvalue weighted by molar-refractivity contribution is 0.221. The molecule has 0 aliphatic heterocycles. The summed E-state index contributed by atoms with van der Waals surface area (Å²) in [5.74, 6) is 1.07. The van der Waals surface area contributed by atoms with E-state index in [-0.39, 0.29) is 0 Å². The maximum absolute atomic E-state index is 5.35. The molecule has 64 valence electrons. The molecule has 0 amide bonds. The second-order valence-corrected chi connectivity index (χ2v) is 2.26. The maximum Gasteiger partial charge on any atom is 0.0956 e. The van der Waals surface area contributed by atoms with E-state index >= 15 is 0 Å². The van der Waals surface area contributed by atoms with Gasteiger partial charge in [0, 0.05) is 6.42 Å². The van der Waals surface area contributed by atoms with Crippen molar-refractivity contribution in [3.05, 3.63) is 24.0 Å². The summed E-state index contributed by atoms with van der Waals surface area (Å²) >= 11 is 0. The van der Waals surface area contributed by atoms with Crippen molar-refractivity contribution in [3.63, 3.8) is 0 Å². The molecule has 0 N–H and O–H groups in total. The lowest BCUT2D eigenvalue weighted by Crippen LogP contribution is -1.88. The van der Waals surface area contributed by atoms with Crippen LogP contribution in [0.5, 0.6) is 0 Å². The van der Waals surface area contributed by atoms with Crippen molar-refractivity contribution in [3.8, 4) is 0 Å². The molecule has 0 aliphatic carbocycles. The van der Waals surface area contributed by atoms with Gasteiger partial charge in [-0.2, -0.15) is 0 Å². The number of ether oxygens (including phenoxy) is 1. The number of allylic oxidation sites excluding steroid dienone is 4. The SMILES string of the molecule is CC/C=C\C=C(/CC)OCC.